The van der Waals surface area contributed by atoms with Gasteiger partial charge in [-0.05, 0) is 33.1 Å². The lowest BCUT2D eigenvalue weighted by atomic mass is 9.91. The van der Waals surface area contributed by atoms with Crippen LogP contribution in [-0.4, -0.2) is 38.4 Å². The van der Waals surface area contributed by atoms with E-state index in [1.807, 2.05) is 13.8 Å². The molecule has 0 heterocycles. The number of nitrogens with one attached hydrogen (secondary N) is 1. The summed E-state index contributed by atoms with van der Waals surface area (Å²) in [7, 11) is 0.893. The lowest BCUT2D eigenvalue weighted by molar-refractivity contribution is -0.265. The number of amides is 1. The zero-order valence-corrected chi connectivity index (χ0v) is 14.9. The van der Waals surface area contributed by atoms with E-state index in [4.69, 9.17) is 9.47 Å². The molecule has 1 amide bonds. The lowest BCUT2D eigenvalue weighted by Crippen LogP contribution is -2.55. The van der Waals surface area contributed by atoms with Gasteiger partial charge in [-0.15, -0.1) is 0 Å². The van der Waals surface area contributed by atoms with E-state index >= 15 is 0 Å². The third kappa shape index (κ3) is 5.44. The van der Waals surface area contributed by atoms with Crippen molar-refractivity contribution in [2.75, 3.05) is 20.3 Å². The summed E-state index contributed by atoms with van der Waals surface area (Å²) in [5.41, 5.74) is -3.25. The van der Waals surface area contributed by atoms with Gasteiger partial charge >= 0.3 is 6.18 Å². The van der Waals surface area contributed by atoms with Gasteiger partial charge in [0.1, 0.15) is 0 Å². The van der Waals surface area contributed by atoms with Crippen molar-refractivity contribution < 1.29 is 27.4 Å². The molecule has 0 fully saturated rings. The van der Waals surface area contributed by atoms with E-state index < -0.39 is 17.7 Å². The molecule has 1 unspecified atom stereocenters. The Kier molecular flexibility index (Phi) is 8.38. The van der Waals surface area contributed by atoms with Crippen LogP contribution < -0.4 is 5.32 Å². The lowest BCUT2D eigenvalue weighted by Gasteiger charge is -2.33. The Morgan fingerprint density at radius 2 is 1.84 bits per heavy atom. The summed E-state index contributed by atoms with van der Waals surface area (Å²) in [6.07, 6.45) is -2.68. The van der Waals surface area contributed by atoms with Crippen molar-refractivity contribution in [3.05, 3.63) is 35.9 Å². The zero-order chi connectivity index (χ0) is 18.9. The van der Waals surface area contributed by atoms with Gasteiger partial charge in [-0.1, -0.05) is 30.3 Å². The Labute approximate surface area is 146 Å². The van der Waals surface area contributed by atoms with Gasteiger partial charge in [-0.3, -0.25) is 4.79 Å². The molecule has 7 heteroatoms. The number of rotatable bonds is 10. The molecule has 0 bridgehead atoms. The SMILES string of the molecule is CCOC(C)CCCCNC(=O)[C@@](OC)(c1ccccc1)C(F)(F)F. The van der Waals surface area contributed by atoms with Crippen LogP contribution in [0.3, 0.4) is 0 Å². The average molecular weight is 361 g/mol. The fourth-order valence-electron chi connectivity index (χ4n) is 2.67. The predicted molar refractivity (Wildman–Crippen MR) is 89.1 cm³/mol. The number of benzene rings is 1. The van der Waals surface area contributed by atoms with E-state index in [0.717, 1.165) is 20.0 Å². The summed E-state index contributed by atoms with van der Waals surface area (Å²) in [5.74, 6) is -1.20. The van der Waals surface area contributed by atoms with Crippen LogP contribution in [0.25, 0.3) is 0 Å². The molecule has 25 heavy (non-hydrogen) atoms. The number of unbranched alkanes of at least 4 members (excludes halogenated alkanes) is 1. The number of methoxy groups -OCH3 is 1. The van der Waals surface area contributed by atoms with Gasteiger partial charge in [-0.2, -0.15) is 13.2 Å². The van der Waals surface area contributed by atoms with Gasteiger partial charge in [0.05, 0.1) is 6.10 Å². The monoisotopic (exact) mass is 361 g/mol. The minimum atomic E-state index is -4.88. The van der Waals surface area contributed by atoms with Crippen LogP contribution >= 0.6 is 0 Å². The standard InChI is InChI=1S/C18H26F3NO3/c1-4-25-14(2)10-8-9-13-22-16(23)17(24-3,18(19,20)21)15-11-6-5-7-12-15/h5-7,11-12,14H,4,8-10,13H2,1-3H3,(H,22,23)/t14?,17-/m0/s1. The van der Waals surface area contributed by atoms with Crippen molar-refractivity contribution in [1.29, 1.82) is 0 Å². The van der Waals surface area contributed by atoms with Gasteiger partial charge < -0.3 is 14.8 Å². The molecule has 142 valence electrons. The molecule has 0 aliphatic rings. The van der Waals surface area contributed by atoms with E-state index in [0.29, 0.717) is 13.0 Å². The highest BCUT2D eigenvalue weighted by Crippen LogP contribution is 2.42. The number of hydrogen-bond acceptors (Lipinski definition) is 3. The predicted octanol–water partition coefficient (Wildman–Crippen LogP) is 3.80. The number of alkyl halides is 3. The molecular formula is C18H26F3NO3. The first-order chi connectivity index (χ1) is 11.8. The molecule has 1 N–H and O–H groups in total. The van der Waals surface area contributed by atoms with E-state index in [1.165, 1.54) is 24.3 Å². The highest BCUT2D eigenvalue weighted by Gasteiger charge is 2.62. The van der Waals surface area contributed by atoms with Gasteiger partial charge in [0.2, 0.25) is 0 Å². The molecule has 1 aromatic carbocycles. The molecule has 1 rings (SSSR count). The normalized spacial score (nSPS) is 15.4. The first kappa shape index (κ1) is 21.4. The van der Waals surface area contributed by atoms with Crippen LogP contribution in [0.15, 0.2) is 30.3 Å². The van der Waals surface area contributed by atoms with Crippen LogP contribution in [0.5, 0.6) is 0 Å². The Balaban J connectivity index is 2.73. The van der Waals surface area contributed by atoms with Crippen molar-refractivity contribution in [1.82, 2.24) is 5.32 Å². The first-order valence-electron chi connectivity index (χ1n) is 8.36. The highest BCUT2D eigenvalue weighted by atomic mass is 19.4. The quantitative estimate of drug-likeness (QED) is 0.645. The summed E-state index contributed by atoms with van der Waals surface area (Å²) < 4.78 is 51.1. The van der Waals surface area contributed by atoms with Gasteiger partial charge in [0.25, 0.3) is 11.5 Å². The first-order valence-corrected chi connectivity index (χ1v) is 8.36. The van der Waals surface area contributed by atoms with Crippen LogP contribution in [-0.2, 0) is 19.9 Å². The maximum Gasteiger partial charge on any atom is 0.430 e. The zero-order valence-electron chi connectivity index (χ0n) is 14.9. The van der Waals surface area contributed by atoms with Crippen molar-refractivity contribution in [3.8, 4) is 0 Å². The van der Waals surface area contributed by atoms with Crippen molar-refractivity contribution in [2.24, 2.45) is 0 Å². The summed E-state index contributed by atoms with van der Waals surface area (Å²) in [6.45, 7) is 4.61. The number of carbonyl (C=O) groups excluding carboxylic acids is 1. The molecule has 4 nitrogen and oxygen atoms in total. The summed E-state index contributed by atoms with van der Waals surface area (Å²) >= 11 is 0. The average Bonchev–Trinajstić information content (AvgIpc) is 2.55. The molecule has 0 saturated carbocycles. The van der Waals surface area contributed by atoms with Crippen molar-refractivity contribution in [2.45, 2.75) is 51.0 Å². The second-order valence-corrected chi connectivity index (χ2v) is 5.77. The van der Waals surface area contributed by atoms with E-state index in [-0.39, 0.29) is 18.2 Å². The second-order valence-electron chi connectivity index (χ2n) is 5.77. The molecule has 0 aromatic heterocycles. The van der Waals surface area contributed by atoms with Gasteiger partial charge in [0.15, 0.2) is 0 Å². The summed E-state index contributed by atoms with van der Waals surface area (Å²) in [6, 6.07) is 6.94. The largest absolute Gasteiger partial charge is 0.430 e. The third-order valence-corrected chi connectivity index (χ3v) is 3.98. The van der Waals surface area contributed by atoms with Gasteiger partial charge in [-0.25, -0.2) is 0 Å². The Hall–Kier alpha value is -1.60. The Morgan fingerprint density at radius 1 is 1.20 bits per heavy atom. The van der Waals surface area contributed by atoms with Crippen molar-refractivity contribution >= 4 is 5.91 Å². The molecule has 2 atom stereocenters. The van der Waals surface area contributed by atoms with Crippen molar-refractivity contribution in [3.63, 3.8) is 0 Å². The third-order valence-electron chi connectivity index (χ3n) is 3.98. The van der Waals surface area contributed by atoms with Crippen LogP contribution in [0.4, 0.5) is 13.2 Å². The number of ether oxygens (including phenoxy) is 2. The molecular weight excluding hydrogens is 335 g/mol. The second kappa shape index (κ2) is 9.77. The topological polar surface area (TPSA) is 47.6 Å². The van der Waals surface area contributed by atoms with E-state index in [1.54, 1.807) is 6.07 Å². The minimum absolute atomic E-state index is 0.0956. The molecule has 0 aliphatic heterocycles. The Bertz CT molecular complexity index is 522. The fourth-order valence-corrected chi connectivity index (χ4v) is 2.67. The van der Waals surface area contributed by atoms with Crippen LogP contribution in [0.1, 0.15) is 38.7 Å². The van der Waals surface area contributed by atoms with E-state index in [2.05, 4.69) is 5.32 Å². The van der Waals surface area contributed by atoms with Gasteiger partial charge in [0, 0.05) is 25.8 Å². The van der Waals surface area contributed by atoms with E-state index in [9.17, 15) is 18.0 Å². The maximum absolute atomic E-state index is 13.7. The minimum Gasteiger partial charge on any atom is -0.379 e. The van der Waals surface area contributed by atoms with Crippen LogP contribution in [0, 0.1) is 0 Å². The summed E-state index contributed by atoms with van der Waals surface area (Å²) in [4.78, 5) is 12.4. The summed E-state index contributed by atoms with van der Waals surface area (Å²) in [5, 5.41) is 2.36. The number of carbonyl (C=O) groups is 1. The highest BCUT2D eigenvalue weighted by molar-refractivity contribution is 5.87. The number of halogens is 3. The number of hydrogen-bond donors (Lipinski definition) is 1. The van der Waals surface area contributed by atoms with Crippen LogP contribution in [0.2, 0.25) is 0 Å². The fraction of sp³-hybridized carbons (Fsp3) is 0.611. The molecule has 0 radical (unpaired) electrons. The molecule has 0 saturated heterocycles. The Morgan fingerprint density at radius 3 is 2.36 bits per heavy atom. The molecule has 1 aromatic rings. The molecule has 0 aliphatic carbocycles. The maximum atomic E-state index is 13.7. The smallest absolute Gasteiger partial charge is 0.379 e. The molecule has 0 spiro atoms.